The number of aromatic carboxylic acids is 1. The number of ether oxygens (including phenoxy) is 1. The van der Waals surface area contributed by atoms with Crippen LogP contribution in [0.3, 0.4) is 0 Å². The molecule has 0 aliphatic rings. The first-order valence-corrected chi connectivity index (χ1v) is 9.05. The molecule has 1 aromatic carbocycles. The van der Waals surface area contributed by atoms with Crippen molar-refractivity contribution in [3.05, 3.63) is 29.3 Å². The summed E-state index contributed by atoms with van der Waals surface area (Å²) in [6, 6.07) is 5.45. The number of methoxy groups -OCH3 is 1. The SMILES string of the molecule is CCCCC#CCCCCCCCc1cccc(OC)c1C(=O)O. The van der Waals surface area contributed by atoms with E-state index in [0.29, 0.717) is 11.3 Å². The van der Waals surface area contributed by atoms with E-state index in [4.69, 9.17) is 4.74 Å². The number of unbranched alkanes of at least 4 members (excludes halogenated alkanes) is 7. The van der Waals surface area contributed by atoms with Crippen LogP contribution in [0.1, 0.15) is 80.6 Å². The Morgan fingerprint density at radius 2 is 1.71 bits per heavy atom. The van der Waals surface area contributed by atoms with Gasteiger partial charge in [-0.05, 0) is 37.3 Å². The highest BCUT2D eigenvalue weighted by molar-refractivity contribution is 5.92. The second-order valence-corrected chi connectivity index (χ2v) is 6.02. The third kappa shape index (κ3) is 7.55. The third-order valence-corrected chi connectivity index (χ3v) is 4.07. The van der Waals surface area contributed by atoms with Gasteiger partial charge in [-0.15, -0.1) is 11.8 Å². The molecular weight excluding hydrogens is 300 g/mol. The molecule has 0 saturated heterocycles. The molecular formula is C21H30O3. The van der Waals surface area contributed by atoms with Crippen LogP contribution in [-0.2, 0) is 6.42 Å². The number of aryl methyl sites for hydroxylation is 1. The molecule has 0 saturated carbocycles. The highest BCUT2D eigenvalue weighted by Crippen LogP contribution is 2.24. The van der Waals surface area contributed by atoms with Gasteiger partial charge in [0.25, 0.3) is 0 Å². The highest BCUT2D eigenvalue weighted by atomic mass is 16.5. The molecule has 1 aromatic rings. The van der Waals surface area contributed by atoms with Gasteiger partial charge in [0.1, 0.15) is 11.3 Å². The van der Waals surface area contributed by atoms with Crippen molar-refractivity contribution >= 4 is 5.97 Å². The zero-order valence-corrected chi connectivity index (χ0v) is 15.1. The fourth-order valence-corrected chi connectivity index (χ4v) is 2.70. The van der Waals surface area contributed by atoms with E-state index in [1.807, 2.05) is 12.1 Å². The molecule has 0 unspecified atom stereocenters. The van der Waals surface area contributed by atoms with Crippen LogP contribution in [0, 0.1) is 11.8 Å². The molecule has 0 aromatic heterocycles. The number of benzene rings is 1. The Labute approximate surface area is 146 Å². The van der Waals surface area contributed by atoms with E-state index >= 15 is 0 Å². The van der Waals surface area contributed by atoms with Crippen molar-refractivity contribution in [1.82, 2.24) is 0 Å². The number of hydrogen-bond acceptors (Lipinski definition) is 2. The summed E-state index contributed by atoms with van der Waals surface area (Å²) in [6.45, 7) is 2.19. The molecule has 0 bridgehead atoms. The summed E-state index contributed by atoms with van der Waals surface area (Å²) in [7, 11) is 1.51. The van der Waals surface area contributed by atoms with Gasteiger partial charge in [0.05, 0.1) is 7.11 Å². The maximum atomic E-state index is 11.4. The lowest BCUT2D eigenvalue weighted by molar-refractivity contribution is 0.0692. The smallest absolute Gasteiger partial charge is 0.339 e. The van der Waals surface area contributed by atoms with Crippen LogP contribution < -0.4 is 4.74 Å². The molecule has 1 rings (SSSR count). The molecule has 1 N–H and O–H groups in total. The normalized spacial score (nSPS) is 10.1. The topological polar surface area (TPSA) is 46.5 Å². The summed E-state index contributed by atoms with van der Waals surface area (Å²) >= 11 is 0. The van der Waals surface area contributed by atoms with Crippen LogP contribution in [0.5, 0.6) is 5.75 Å². The Kier molecular flexibility index (Phi) is 10.4. The zero-order chi connectivity index (χ0) is 17.6. The lowest BCUT2D eigenvalue weighted by Crippen LogP contribution is -2.05. The minimum atomic E-state index is -0.913. The average Bonchev–Trinajstić information content (AvgIpc) is 2.59. The fraction of sp³-hybridized carbons (Fsp3) is 0.571. The summed E-state index contributed by atoms with van der Waals surface area (Å²) in [5, 5.41) is 9.36. The van der Waals surface area contributed by atoms with Crippen LogP contribution >= 0.6 is 0 Å². The number of hydrogen-bond donors (Lipinski definition) is 1. The summed E-state index contributed by atoms with van der Waals surface area (Å²) in [4.78, 5) is 11.4. The quantitative estimate of drug-likeness (QED) is 0.432. The van der Waals surface area contributed by atoms with Gasteiger partial charge in [0, 0.05) is 12.8 Å². The largest absolute Gasteiger partial charge is 0.496 e. The zero-order valence-electron chi connectivity index (χ0n) is 15.1. The maximum absolute atomic E-state index is 11.4. The maximum Gasteiger partial charge on any atom is 0.339 e. The second kappa shape index (κ2) is 12.5. The number of rotatable bonds is 11. The molecule has 24 heavy (non-hydrogen) atoms. The van der Waals surface area contributed by atoms with Crippen LogP contribution in [0.4, 0.5) is 0 Å². The molecule has 3 nitrogen and oxygen atoms in total. The summed E-state index contributed by atoms with van der Waals surface area (Å²) < 4.78 is 5.16. The summed E-state index contributed by atoms with van der Waals surface area (Å²) in [5.74, 6) is 5.99. The highest BCUT2D eigenvalue weighted by Gasteiger charge is 2.15. The van der Waals surface area contributed by atoms with E-state index < -0.39 is 5.97 Å². The average molecular weight is 330 g/mol. The van der Waals surface area contributed by atoms with Crippen LogP contribution in [-0.4, -0.2) is 18.2 Å². The van der Waals surface area contributed by atoms with Crippen molar-refractivity contribution in [2.45, 2.75) is 71.1 Å². The second-order valence-electron chi connectivity index (χ2n) is 6.02. The van der Waals surface area contributed by atoms with Gasteiger partial charge in [-0.3, -0.25) is 0 Å². The van der Waals surface area contributed by atoms with Crippen molar-refractivity contribution in [2.24, 2.45) is 0 Å². The van der Waals surface area contributed by atoms with Gasteiger partial charge in [-0.25, -0.2) is 4.79 Å². The third-order valence-electron chi connectivity index (χ3n) is 4.07. The van der Waals surface area contributed by atoms with E-state index in [1.165, 1.54) is 39.2 Å². The molecule has 0 fully saturated rings. The number of carboxylic acids is 1. The minimum absolute atomic E-state index is 0.308. The van der Waals surface area contributed by atoms with Crippen LogP contribution in [0.25, 0.3) is 0 Å². The van der Waals surface area contributed by atoms with Gasteiger partial charge in [0.15, 0.2) is 0 Å². The van der Waals surface area contributed by atoms with Crippen molar-refractivity contribution in [2.75, 3.05) is 7.11 Å². The van der Waals surface area contributed by atoms with Gasteiger partial charge in [-0.1, -0.05) is 44.7 Å². The van der Waals surface area contributed by atoms with E-state index in [2.05, 4.69) is 18.8 Å². The monoisotopic (exact) mass is 330 g/mol. The van der Waals surface area contributed by atoms with Gasteiger partial charge >= 0.3 is 5.97 Å². The molecule has 0 radical (unpaired) electrons. The first-order chi connectivity index (χ1) is 11.7. The lowest BCUT2D eigenvalue weighted by atomic mass is 9.99. The Bertz CT molecular complexity index is 552. The predicted octanol–water partition coefficient (Wildman–Crippen LogP) is 5.47. The fourth-order valence-electron chi connectivity index (χ4n) is 2.70. The van der Waals surface area contributed by atoms with Gasteiger partial charge < -0.3 is 9.84 Å². The van der Waals surface area contributed by atoms with Crippen molar-refractivity contribution in [1.29, 1.82) is 0 Å². The Hall–Kier alpha value is -1.95. The first kappa shape index (κ1) is 20.1. The van der Waals surface area contributed by atoms with Gasteiger partial charge in [0.2, 0.25) is 0 Å². The van der Waals surface area contributed by atoms with Crippen molar-refractivity contribution in [3.8, 4) is 17.6 Å². The molecule has 3 heteroatoms. The van der Waals surface area contributed by atoms with Crippen LogP contribution in [0.15, 0.2) is 18.2 Å². The molecule has 0 spiro atoms. The van der Waals surface area contributed by atoms with E-state index in [9.17, 15) is 9.90 Å². The van der Waals surface area contributed by atoms with Crippen molar-refractivity contribution in [3.63, 3.8) is 0 Å². The molecule has 0 heterocycles. The van der Waals surface area contributed by atoms with Gasteiger partial charge in [-0.2, -0.15) is 0 Å². The minimum Gasteiger partial charge on any atom is -0.496 e. The standard InChI is InChI=1S/C21H30O3/c1-3-4-5-6-7-8-9-10-11-12-13-15-18-16-14-17-19(24-2)20(18)21(22)23/h14,16-17H,3-5,8-13,15H2,1-2H3,(H,22,23). The Balaban J connectivity index is 2.24. The molecule has 0 aliphatic heterocycles. The number of carbonyl (C=O) groups is 1. The lowest BCUT2D eigenvalue weighted by Gasteiger charge is -2.10. The van der Waals surface area contributed by atoms with E-state index in [0.717, 1.165) is 37.7 Å². The van der Waals surface area contributed by atoms with E-state index in [-0.39, 0.29) is 0 Å². The summed E-state index contributed by atoms with van der Waals surface area (Å²) in [6.07, 6.45) is 10.9. The number of carboxylic acid groups (broad SMARTS) is 1. The Morgan fingerprint density at radius 1 is 1.04 bits per heavy atom. The predicted molar refractivity (Wildman–Crippen MR) is 98.7 cm³/mol. The Morgan fingerprint density at radius 3 is 2.38 bits per heavy atom. The molecule has 132 valence electrons. The molecule has 0 amide bonds. The molecule has 0 aliphatic carbocycles. The van der Waals surface area contributed by atoms with E-state index in [1.54, 1.807) is 6.07 Å². The molecule has 0 atom stereocenters. The summed E-state index contributed by atoms with van der Waals surface area (Å²) in [5.41, 5.74) is 1.17. The van der Waals surface area contributed by atoms with Crippen LogP contribution in [0.2, 0.25) is 0 Å². The first-order valence-electron chi connectivity index (χ1n) is 9.05. The van der Waals surface area contributed by atoms with Crippen molar-refractivity contribution < 1.29 is 14.6 Å².